The highest BCUT2D eigenvalue weighted by atomic mass is 32.1. The minimum absolute atomic E-state index is 0.0737. The molecule has 158 valence electrons. The van der Waals surface area contributed by atoms with Crippen molar-refractivity contribution in [2.45, 2.75) is 6.92 Å². The summed E-state index contributed by atoms with van der Waals surface area (Å²) < 4.78 is 26.2. The summed E-state index contributed by atoms with van der Waals surface area (Å²) in [7, 11) is 5.60. The van der Waals surface area contributed by atoms with Gasteiger partial charge >= 0.3 is 11.9 Å². The molecule has 2 aromatic rings. The van der Waals surface area contributed by atoms with E-state index in [0.717, 1.165) is 10.1 Å². The molecule has 1 heterocycles. The van der Waals surface area contributed by atoms with Crippen LogP contribution in [0.25, 0.3) is 10.1 Å². The number of ether oxygens (including phenoxy) is 5. The van der Waals surface area contributed by atoms with E-state index >= 15 is 0 Å². The van der Waals surface area contributed by atoms with E-state index in [9.17, 15) is 14.4 Å². The third-order valence-corrected chi connectivity index (χ3v) is 5.45. The molecule has 9 heteroatoms. The zero-order valence-corrected chi connectivity index (χ0v) is 17.8. The Hall–Kier alpha value is -2.65. The van der Waals surface area contributed by atoms with Gasteiger partial charge in [0.25, 0.3) is 0 Å². The molecule has 0 radical (unpaired) electrons. The zero-order chi connectivity index (χ0) is 21.6. The molecule has 2 rings (SSSR count). The van der Waals surface area contributed by atoms with Crippen molar-refractivity contribution in [1.82, 2.24) is 0 Å². The lowest BCUT2D eigenvalue weighted by Crippen LogP contribution is -2.40. The molecule has 0 saturated heterocycles. The monoisotopic (exact) mass is 424 g/mol. The smallest absolute Gasteiger partial charge is 0.317 e. The number of Topliss-reactive ketones (excluding diaryl/α,β-unsaturated/α-hetero) is 1. The van der Waals surface area contributed by atoms with Crippen molar-refractivity contribution in [2.24, 2.45) is 11.8 Å². The topological polar surface area (TPSA) is 97.4 Å². The summed E-state index contributed by atoms with van der Waals surface area (Å²) in [6, 6.07) is 5.15. The van der Waals surface area contributed by atoms with Crippen molar-refractivity contribution in [2.75, 3.05) is 41.7 Å². The van der Waals surface area contributed by atoms with Gasteiger partial charge in [0.1, 0.15) is 11.8 Å². The second-order valence-electron chi connectivity index (χ2n) is 6.03. The highest BCUT2D eigenvalue weighted by molar-refractivity contribution is 7.20. The van der Waals surface area contributed by atoms with E-state index in [0.29, 0.717) is 16.4 Å². The van der Waals surface area contributed by atoms with Crippen molar-refractivity contribution in [3.05, 3.63) is 23.1 Å². The summed E-state index contributed by atoms with van der Waals surface area (Å²) in [6.45, 7) is 1.54. The normalized spacial score (nSPS) is 12.9. The Labute approximate surface area is 172 Å². The van der Waals surface area contributed by atoms with Gasteiger partial charge < -0.3 is 23.7 Å². The van der Waals surface area contributed by atoms with Gasteiger partial charge in [0.2, 0.25) is 0 Å². The predicted octanol–water partition coefficient (Wildman–Crippen LogP) is 2.72. The summed E-state index contributed by atoms with van der Waals surface area (Å²) in [6.07, 6.45) is 0. The fourth-order valence-corrected chi connectivity index (χ4v) is 4.01. The number of benzene rings is 1. The van der Waals surface area contributed by atoms with Crippen LogP contribution in [0.4, 0.5) is 0 Å². The van der Waals surface area contributed by atoms with E-state index in [4.69, 9.17) is 23.7 Å². The van der Waals surface area contributed by atoms with Gasteiger partial charge in [0.15, 0.2) is 17.3 Å². The molecule has 0 spiro atoms. The highest BCUT2D eigenvalue weighted by Gasteiger charge is 2.42. The largest absolute Gasteiger partial charge is 0.493 e. The van der Waals surface area contributed by atoms with Gasteiger partial charge in [-0.3, -0.25) is 14.4 Å². The molecule has 1 aromatic carbocycles. The summed E-state index contributed by atoms with van der Waals surface area (Å²) in [5.41, 5.74) is 0. The number of carbonyl (C=O) groups excluding carboxylic acids is 3. The third kappa shape index (κ3) is 4.86. The van der Waals surface area contributed by atoms with E-state index < -0.39 is 29.6 Å². The van der Waals surface area contributed by atoms with E-state index in [1.165, 1.54) is 39.8 Å². The van der Waals surface area contributed by atoms with Gasteiger partial charge in [-0.2, -0.15) is 0 Å². The van der Waals surface area contributed by atoms with Crippen molar-refractivity contribution in [1.29, 1.82) is 0 Å². The maximum Gasteiger partial charge on any atom is 0.317 e. The van der Waals surface area contributed by atoms with Crippen LogP contribution in [0, 0.1) is 11.8 Å². The molecule has 0 aliphatic rings. The SMILES string of the molecule is CCOC(=O)C(C(=O)c1cc2cc(OC)c(OC)cc2s1)C(COC)C(=O)OC. The van der Waals surface area contributed by atoms with Crippen LogP contribution in [-0.4, -0.2) is 59.4 Å². The average Bonchev–Trinajstić information content (AvgIpc) is 3.14. The van der Waals surface area contributed by atoms with Crippen LogP contribution in [0.3, 0.4) is 0 Å². The summed E-state index contributed by atoms with van der Waals surface area (Å²) in [4.78, 5) is 38.4. The van der Waals surface area contributed by atoms with Gasteiger partial charge in [-0.25, -0.2) is 0 Å². The van der Waals surface area contributed by atoms with E-state index in [1.54, 1.807) is 25.1 Å². The van der Waals surface area contributed by atoms with Crippen molar-refractivity contribution in [3.63, 3.8) is 0 Å². The second kappa shape index (κ2) is 10.2. The van der Waals surface area contributed by atoms with Crippen molar-refractivity contribution in [3.8, 4) is 11.5 Å². The number of fused-ring (bicyclic) bond motifs is 1. The Morgan fingerprint density at radius 1 is 0.966 bits per heavy atom. The van der Waals surface area contributed by atoms with Gasteiger partial charge in [0, 0.05) is 17.9 Å². The van der Waals surface area contributed by atoms with E-state index in [-0.39, 0.29) is 13.2 Å². The molecule has 0 amide bonds. The van der Waals surface area contributed by atoms with Crippen LogP contribution in [0.5, 0.6) is 11.5 Å². The molecule has 2 unspecified atom stereocenters. The number of thiophene rings is 1. The van der Waals surface area contributed by atoms with Crippen molar-refractivity contribution < 1.29 is 38.1 Å². The van der Waals surface area contributed by atoms with Crippen LogP contribution in [0.1, 0.15) is 16.6 Å². The molecule has 2 atom stereocenters. The number of methoxy groups -OCH3 is 4. The maximum atomic E-state index is 13.3. The minimum Gasteiger partial charge on any atom is -0.493 e. The summed E-state index contributed by atoms with van der Waals surface area (Å²) in [5.74, 6) is -3.50. The molecule has 0 aliphatic carbocycles. The Balaban J connectivity index is 2.51. The lowest BCUT2D eigenvalue weighted by Gasteiger charge is -2.21. The number of carbonyl (C=O) groups is 3. The van der Waals surface area contributed by atoms with Gasteiger partial charge in [-0.05, 0) is 24.4 Å². The van der Waals surface area contributed by atoms with Crippen LogP contribution >= 0.6 is 11.3 Å². The molecule has 29 heavy (non-hydrogen) atoms. The fraction of sp³-hybridized carbons (Fsp3) is 0.450. The van der Waals surface area contributed by atoms with Gasteiger partial charge in [0.05, 0.1) is 39.4 Å². The summed E-state index contributed by atoms with van der Waals surface area (Å²) >= 11 is 1.19. The lowest BCUT2D eigenvalue weighted by atomic mass is 9.88. The first kappa shape index (κ1) is 22.6. The van der Waals surface area contributed by atoms with E-state index in [1.807, 2.05) is 0 Å². The second-order valence-corrected chi connectivity index (χ2v) is 7.12. The Kier molecular flexibility index (Phi) is 7.98. The molecular weight excluding hydrogens is 400 g/mol. The maximum absolute atomic E-state index is 13.3. The average molecular weight is 424 g/mol. The lowest BCUT2D eigenvalue weighted by molar-refractivity contribution is -0.158. The van der Waals surface area contributed by atoms with Crippen LogP contribution in [0.2, 0.25) is 0 Å². The van der Waals surface area contributed by atoms with Crippen LogP contribution in [-0.2, 0) is 23.8 Å². The Morgan fingerprint density at radius 3 is 2.17 bits per heavy atom. The molecule has 0 saturated carbocycles. The molecular formula is C20H24O8S. The standard InChI is InChI=1S/C20H24O8S/c1-6-28-20(23)17(12(10-24-2)19(22)27-5)18(21)16-8-11-7-13(25-3)14(26-4)9-15(11)29-16/h7-9,12,17H,6,10H2,1-5H3. The summed E-state index contributed by atoms with van der Waals surface area (Å²) in [5, 5.41) is 0.750. The number of ketones is 1. The minimum atomic E-state index is -1.38. The molecule has 0 N–H and O–H groups in total. The van der Waals surface area contributed by atoms with Crippen molar-refractivity contribution >= 4 is 39.1 Å². The number of hydrogen-bond donors (Lipinski definition) is 0. The van der Waals surface area contributed by atoms with Crippen LogP contribution in [0.15, 0.2) is 18.2 Å². The third-order valence-electron chi connectivity index (χ3n) is 4.34. The first-order valence-corrected chi connectivity index (χ1v) is 9.66. The molecule has 0 aliphatic heterocycles. The molecule has 0 fully saturated rings. The van der Waals surface area contributed by atoms with Crippen LogP contribution < -0.4 is 9.47 Å². The predicted molar refractivity (Wildman–Crippen MR) is 107 cm³/mol. The molecule has 8 nitrogen and oxygen atoms in total. The first-order chi connectivity index (χ1) is 13.9. The van der Waals surface area contributed by atoms with E-state index in [2.05, 4.69) is 0 Å². The van der Waals surface area contributed by atoms with Gasteiger partial charge in [-0.15, -0.1) is 11.3 Å². The Morgan fingerprint density at radius 2 is 1.62 bits per heavy atom. The number of hydrogen-bond acceptors (Lipinski definition) is 9. The first-order valence-electron chi connectivity index (χ1n) is 8.84. The highest BCUT2D eigenvalue weighted by Crippen LogP contribution is 2.37. The Bertz CT molecular complexity index is 847. The number of rotatable bonds is 10. The fourth-order valence-electron chi connectivity index (χ4n) is 2.96. The number of esters is 2. The quantitative estimate of drug-likeness (QED) is 0.326. The van der Waals surface area contributed by atoms with Gasteiger partial charge in [-0.1, -0.05) is 0 Å². The zero-order valence-electron chi connectivity index (χ0n) is 17.0. The molecule has 1 aromatic heterocycles. The molecule has 0 bridgehead atoms.